The van der Waals surface area contributed by atoms with E-state index in [1.54, 1.807) is 48.2 Å². The van der Waals surface area contributed by atoms with Gasteiger partial charge in [0.05, 0.1) is 22.8 Å². The Kier molecular flexibility index (Phi) is 4.45. The van der Waals surface area contributed by atoms with E-state index in [2.05, 4.69) is 6.07 Å². The quantitative estimate of drug-likeness (QED) is 0.627. The maximum Gasteiger partial charge on any atom is 0.261 e. The SMILES string of the molecule is N#Cc1ccc(CSCCN2C(=O)c3ccccc3C2=O)cc1. The van der Waals surface area contributed by atoms with Crippen molar-refractivity contribution >= 4 is 23.6 Å². The molecule has 0 spiro atoms. The first-order valence-corrected chi connectivity index (χ1v) is 8.38. The molecule has 0 fully saturated rings. The van der Waals surface area contributed by atoms with E-state index in [1.807, 2.05) is 12.1 Å². The number of amides is 2. The van der Waals surface area contributed by atoms with Gasteiger partial charge in [-0.2, -0.15) is 17.0 Å². The maximum absolute atomic E-state index is 12.2. The van der Waals surface area contributed by atoms with Crippen molar-refractivity contribution in [2.45, 2.75) is 5.75 Å². The molecule has 0 N–H and O–H groups in total. The number of nitriles is 1. The lowest BCUT2D eigenvalue weighted by Gasteiger charge is -2.13. The van der Waals surface area contributed by atoms with Crippen molar-refractivity contribution < 1.29 is 9.59 Å². The second-order valence-electron chi connectivity index (χ2n) is 5.17. The number of carbonyl (C=O) groups is 2. The van der Waals surface area contributed by atoms with Gasteiger partial charge in [0, 0.05) is 18.1 Å². The van der Waals surface area contributed by atoms with Crippen LogP contribution < -0.4 is 0 Å². The Hall–Kier alpha value is -2.58. The lowest BCUT2D eigenvalue weighted by Crippen LogP contribution is -2.31. The number of benzene rings is 2. The smallest absolute Gasteiger partial charge is 0.261 e. The highest BCUT2D eigenvalue weighted by atomic mass is 32.2. The zero-order valence-electron chi connectivity index (χ0n) is 12.4. The van der Waals surface area contributed by atoms with Crippen LogP contribution in [0.25, 0.3) is 0 Å². The third-order valence-electron chi connectivity index (χ3n) is 3.69. The van der Waals surface area contributed by atoms with Gasteiger partial charge in [-0.15, -0.1) is 0 Å². The molecule has 0 atom stereocenters. The maximum atomic E-state index is 12.2. The lowest BCUT2D eigenvalue weighted by atomic mass is 10.1. The summed E-state index contributed by atoms with van der Waals surface area (Å²) in [7, 11) is 0. The van der Waals surface area contributed by atoms with Gasteiger partial charge >= 0.3 is 0 Å². The molecule has 1 heterocycles. The molecular formula is C18H14N2O2S. The van der Waals surface area contributed by atoms with E-state index in [1.165, 1.54) is 4.90 Å². The van der Waals surface area contributed by atoms with Crippen LogP contribution in [0.5, 0.6) is 0 Å². The van der Waals surface area contributed by atoms with Gasteiger partial charge in [0.2, 0.25) is 0 Å². The topological polar surface area (TPSA) is 61.2 Å². The Morgan fingerprint density at radius 1 is 0.957 bits per heavy atom. The van der Waals surface area contributed by atoms with Crippen LogP contribution in [-0.4, -0.2) is 29.0 Å². The number of nitrogens with zero attached hydrogens (tertiary/aromatic N) is 2. The summed E-state index contributed by atoms with van der Waals surface area (Å²) in [5.74, 6) is 1.06. The molecule has 0 saturated heterocycles. The number of rotatable bonds is 5. The van der Waals surface area contributed by atoms with Crippen molar-refractivity contribution in [3.05, 3.63) is 70.8 Å². The fourth-order valence-corrected chi connectivity index (χ4v) is 3.35. The van der Waals surface area contributed by atoms with E-state index < -0.39 is 0 Å². The van der Waals surface area contributed by atoms with Crippen molar-refractivity contribution in [3.8, 4) is 6.07 Å². The van der Waals surface area contributed by atoms with E-state index in [0.717, 1.165) is 11.3 Å². The third-order valence-corrected chi connectivity index (χ3v) is 4.70. The van der Waals surface area contributed by atoms with Crippen molar-refractivity contribution in [1.29, 1.82) is 5.26 Å². The van der Waals surface area contributed by atoms with Crippen LogP contribution in [0.4, 0.5) is 0 Å². The van der Waals surface area contributed by atoms with Gasteiger partial charge in [0.15, 0.2) is 0 Å². The molecular weight excluding hydrogens is 308 g/mol. The average Bonchev–Trinajstić information content (AvgIpc) is 2.84. The Morgan fingerprint density at radius 3 is 2.13 bits per heavy atom. The van der Waals surface area contributed by atoms with Crippen LogP contribution in [0.15, 0.2) is 48.5 Å². The molecule has 2 amide bonds. The first-order valence-electron chi connectivity index (χ1n) is 7.22. The van der Waals surface area contributed by atoms with Crippen molar-refractivity contribution in [2.24, 2.45) is 0 Å². The van der Waals surface area contributed by atoms with Crippen molar-refractivity contribution in [2.75, 3.05) is 12.3 Å². The number of hydrogen-bond donors (Lipinski definition) is 0. The minimum Gasteiger partial charge on any atom is -0.274 e. The van der Waals surface area contributed by atoms with Crippen molar-refractivity contribution in [3.63, 3.8) is 0 Å². The summed E-state index contributed by atoms with van der Waals surface area (Å²) in [4.78, 5) is 25.7. The van der Waals surface area contributed by atoms with Gasteiger partial charge in [-0.1, -0.05) is 24.3 Å². The van der Waals surface area contributed by atoms with Gasteiger partial charge in [-0.05, 0) is 29.8 Å². The lowest BCUT2D eigenvalue weighted by molar-refractivity contribution is 0.0664. The summed E-state index contributed by atoms with van der Waals surface area (Å²) >= 11 is 1.66. The van der Waals surface area contributed by atoms with Gasteiger partial charge in [0.1, 0.15) is 0 Å². The van der Waals surface area contributed by atoms with Crippen LogP contribution in [0.2, 0.25) is 0 Å². The fraction of sp³-hybridized carbons (Fsp3) is 0.167. The van der Waals surface area contributed by atoms with Crippen LogP contribution in [0, 0.1) is 11.3 Å². The minimum absolute atomic E-state index is 0.204. The van der Waals surface area contributed by atoms with Crippen LogP contribution in [-0.2, 0) is 5.75 Å². The van der Waals surface area contributed by atoms with E-state index in [0.29, 0.717) is 29.0 Å². The van der Waals surface area contributed by atoms with Gasteiger partial charge < -0.3 is 0 Å². The monoisotopic (exact) mass is 322 g/mol. The van der Waals surface area contributed by atoms with Crippen LogP contribution >= 0.6 is 11.8 Å². The fourth-order valence-electron chi connectivity index (χ4n) is 2.46. The molecule has 5 heteroatoms. The molecule has 2 aromatic carbocycles. The third kappa shape index (κ3) is 3.13. The van der Waals surface area contributed by atoms with E-state index in [-0.39, 0.29) is 11.8 Å². The van der Waals surface area contributed by atoms with E-state index >= 15 is 0 Å². The van der Waals surface area contributed by atoms with Gasteiger partial charge in [-0.3, -0.25) is 14.5 Å². The molecule has 1 aliphatic rings. The highest BCUT2D eigenvalue weighted by Crippen LogP contribution is 2.23. The standard InChI is InChI=1S/C18H14N2O2S/c19-11-13-5-7-14(8-6-13)12-23-10-9-20-17(21)15-3-1-2-4-16(15)18(20)22/h1-8H,9-10,12H2. The number of imide groups is 1. The molecule has 0 saturated carbocycles. The average molecular weight is 322 g/mol. The Balaban J connectivity index is 1.53. The largest absolute Gasteiger partial charge is 0.274 e. The molecule has 4 nitrogen and oxygen atoms in total. The molecule has 23 heavy (non-hydrogen) atoms. The molecule has 0 aromatic heterocycles. The second-order valence-corrected chi connectivity index (χ2v) is 6.27. The number of carbonyl (C=O) groups excluding carboxylic acids is 2. The number of fused-ring (bicyclic) bond motifs is 1. The molecule has 0 bridgehead atoms. The summed E-state index contributed by atoms with van der Waals surface area (Å²) in [5.41, 5.74) is 2.75. The van der Waals surface area contributed by atoms with Gasteiger partial charge in [0.25, 0.3) is 11.8 Å². The summed E-state index contributed by atoms with van der Waals surface area (Å²) < 4.78 is 0. The summed E-state index contributed by atoms with van der Waals surface area (Å²) in [6.07, 6.45) is 0. The zero-order chi connectivity index (χ0) is 16.2. The first-order chi connectivity index (χ1) is 11.2. The minimum atomic E-state index is -0.204. The number of thioether (sulfide) groups is 1. The second kappa shape index (κ2) is 6.67. The summed E-state index contributed by atoms with van der Waals surface area (Å²) in [6.45, 7) is 0.410. The molecule has 0 unspecified atom stereocenters. The number of hydrogen-bond acceptors (Lipinski definition) is 4. The van der Waals surface area contributed by atoms with Gasteiger partial charge in [-0.25, -0.2) is 0 Å². The normalized spacial score (nSPS) is 13.1. The summed E-state index contributed by atoms with van der Waals surface area (Å²) in [5, 5.41) is 8.76. The van der Waals surface area contributed by atoms with Crippen LogP contribution in [0.1, 0.15) is 31.8 Å². The van der Waals surface area contributed by atoms with Crippen molar-refractivity contribution in [1.82, 2.24) is 4.90 Å². The molecule has 2 aromatic rings. The zero-order valence-corrected chi connectivity index (χ0v) is 13.2. The molecule has 3 rings (SSSR count). The molecule has 114 valence electrons. The Bertz CT molecular complexity index is 758. The molecule has 0 radical (unpaired) electrons. The summed E-state index contributed by atoms with van der Waals surface area (Å²) in [6, 6.07) is 16.5. The molecule has 0 aliphatic carbocycles. The molecule has 1 aliphatic heterocycles. The van der Waals surface area contributed by atoms with E-state index in [4.69, 9.17) is 5.26 Å². The predicted molar refractivity (Wildman–Crippen MR) is 89.1 cm³/mol. The predicted octanol–water partition coefficient (Wildman–Crippen LogP) is 3.09. The Morgan fingerprint density at radius 2 is 1.57 bits per heavy atom. The van der Waals surface area contributed by atoms with Crippen LogP contribution in [0.3, 0.4) is 0 Å². The highest BCUT2D eigenvalue weighted by molar-refractivity contribution is 7.98. The first kappa shape index (κ1) is 15.3. The Labute approximate surface area is 138 Å². The highest BCUT2D eigenvalue weighted by Gasteiger charge is 2.34. The van der Waals surface area contributed by atoms with E-state index in [9.17, 15) is 9.59 Å².